The first kappa shape index (κ1) is 28.6. The number of halogens is 4. The summed E-state index contributed by atoms with van der Waals surface area (Å²) in [5.41, 5.74) is 0.346. The van der Waals surface area contributed by atoms with Gasteiger partial charge >= 0.3 is 6.18 Å². The lowest BCUT2D eigenvalue weighted by atomic mass is 9.62. The third-order valence-corrected chi connectivity index (χ3v) is 7.73. The molecule has 0 bridgehead atoms. The number of anilines is 1. The highest BCUT2D eigenvalue weighted by atomic mass is 19.4. The van der Waals surface area contributed by atoms with Crippen LogP contribution in [0.15, 0.2) is 30.5 Å². The van der Waals surface area contributed by atoms with Crippen LogP contribution >= 0.6 is 0 Å². The molecule has 2 aliphatic rings. The molecule has 0 radical (unpaired) electrons. The molecule has 3 N–H and O–H groups in total. The molecule has 2 saturated carbocycles. The maximum atomic E-state index is 14.9. The number of hydrogen-bond acceptors (Lipinski definition) is 4. The number of nitrogens with zero attached hydrogens (tertiary/aromatic N) is 2. The fourth-order valence-corrected chi connectivity index (χ4v) is 5.34. The number of carbonyl (C=O) groups excluding carboxylic acids is 3. The van der Waals surface area contributed by atoms with Crippen LogP contribution in [-0.4, -0.2) is 46.3 Å². The van der Waals surface area contributed by atoms with Crippen molar-refractivity contribution in [1.29, 1.82) is 0 Å². The molecule has 0 saturated heterocycles. The predicted octanol–water partition coefficient (Wildman–Crippen LogP) is 4.22. The van der Waals surface area contributed by atoms with Gasteiger partial charge in [-0.3, -0.25) is 19.1 Å². The lowest BCUT2D eigenvalue weighted by molar-refractivity contribution is -0.138. The van der Waals surface area contributed by atoms with Gasteiger partial charge in [-0.15, -0.1) is 0 Å². The highest BCUT2D eigenvalue weighted by Gasteiger charge is 2.44. The number of carbonyl (C=O) groups is 3. The van der Waals surface area contributed by atoms with E-state index in [1.807, 2.05) is 6.92 Å². The molecule has 1 aromatic heterocycles. The molecule has 39 heavy (non-hydrogen) atoms. The van der Waals surface area contributed by atoms with E-state index in [0.29, 0.717) is 12.2 Å². The first-order valence-electron chi connectivity index (χ1n) is 13.3. The summed E-state index contributed by atoms with van der Waals surface area (Å²) in [6.45, 7) is 0.858. The molecule has 2 fully saturated rings. The lowest BCUT2D eigenvalue weighted by Gasteiger charge is -2.46. The summed E-state index contributed by atoms with van der Waals surface area (Å²) in [4.78, 5) is 38.6. The summed E-state index contributed by atoms with van der Waals surface area (Å²) in [5.74, 6) is -2.23. The van der Waals surface area contributed by atoms with Gasteiger partial charge < -0.3 is 16.0 Å². The van der Waals surface area contributed by atoms with Gasteiger partial charge in [-0.05, 0) is 48.4 Å². The second kappa shape index (κ2) is 12.2. The van der Waals surface area contributed by atoms with Gasteiger partial charge in [0.05, 0.1) is 12.1 Å². The molecule has 12 heteroatoms. The Morgan fingerprint density at radius 1 is 1.08 bits per heavy atom. The Balaban J connectivity index is 1.50. The Bertz CT molecular complexity index is 1180. The minimum absolute atomic E-state index is 0.0888. The Hall–Kier alpha value is -3.44. The Morgan fingerprint density at radius 3 is 2.28 bits per heavy atom. The van der Waals surface area contributed by atoms with Crippen molar-refractivity contribution < 1.29 is 31.9 Å². The molecule has 4 rings (SSSR count). The predicted molar refractivity (Wildman–Crippen MR) is 135 cm³/mol. The quantitative estimate of drug-likeness (QED) is 0.364. The minimum Gasteiger partial charge on any atom is -0.347 e. The maximum Gasteiger partial charge on any atom is 0.405 e. The number of alkyl halides is 3. The van der Waals surface area contributed by atoms with Gasteiger partial charge in [0.2, 0.25) is 11.8 Å². The zero-order valence-corrected chi connectivity index (χ0v) is 21.7. The smallest absolute Gasteiger partial charge is 0.347 e. The summed E-state index contributed by atoms with van der Waals surface area (Å²) < 4.78 is 53.4. The molecule has 2 aromatic rings. The second-order valence-corrected chi connectivity index (χ2v) is 10.3. The van der Waals surface area contributed by atoms with Crippen LogP contribution in [0.1, 0.15) is 61.5 Å². The third kappa shape index (κ3) is 7.15. The topological polar surface area (TPSA) is 105 Å². The number of aryl methyl sites for hydroxylation is 1. The van der Waals surface area contributed by atoms with E-state index in [2.05, 4.69) is 15.7 Å². The zero-order valence-electron chi connectivity index (χ0n) is 21.7. The van der Waals surface area contributed by atoms with Gasteiger partial charge in [-0.25, -0.2) is 4.39 Å². The van der Waals surface area contributed by atoms with Gasteiger partial charge in [0.25, 0.3) is 5.91 Å². The van der Waals surface area contributed by atoms with Crippen LogP contribution in [0, 0.1) is 23.6 Å². The highest BCUT2D eigenvalue weighted by Crippen LogP contribution is 2.46. The van der Waals surface area contributed by atoms with Crippen molar-refractivity contribution in [2.45, 2.75) is 70.6 Å². The van der Waals surface area contributed by atoms with E-state index in [-0.39, 0.29) is 29.0 Å². The minimum atomic E-state index is -4.55. The van der Waals surface area contributed by atoms with Crippen molar-refractivity contribution in [3.05, 3.63) is 47.5 Å². The van der Waals surface area contributed by atoms with E-state index < -0.39 is 48.7 Å². The molecule has 2 aliphatic carbocycles. The van der Waals surface area contributed by atoms with Crippen LogP contribution in [0.25, 0.3) is 0 Å². The summed E-state index contributed by atoms with van der Waals surface area (Å²) in [7, 11) is 0. The molecular weight excluding hydrogens is 518 g/mol. The van der Waals surface area contributed by atoms with Crippen molar-refractivity contribution in [3.63, 3.8) is 0 Å². The molecule has 0 aliphatic heterocycles. The molecule has 3 amide bonds. The molecule has 1 heterocycles. The van der Waals surface area contributed by atoms with Gasteiger partial charge in [-0.1, -0.05) is 44.6 Å². The van der Waals surface area contributed by atoms with E-state index in [0.717, 1.165) is 44.6 Å². The first-order chi connectivity index (χ1) is 18.6. The Morgan fingerprint density at radius 2 is 1.74 bits per heavy atom. The largest absolute Gasteiger partial charge is 0.405 e. The molecule has 212 valence electrons. The monoisotopic (exact) mass is 551 g/mol. The van der Waals surface area contributed by atoms with Crippen molar-refractivity contribution in [2.75, 3.05) is 11.9 Å². The molecule has 0 spiro atoms. The van der Waals surface area contributed by atoms with Crippen LogP contribution in [0.3, 0.4) is 0 Å². The average Bonchev–Trinajstić information content (AvgIpc) is 3.29. The molecular formula is C27H33F4N5O3. The van der Waals surface area contributed by atoms with Crippen LogP contribution in [0.4, 0.5) is 23.2 Å². The number of amides is 3. The van der Waals surface area contributed by atoms with Crippen molar-refractivity contribution in [3.8, 4) is 0 Å². The third-order valence-electron chi connectivity index (χ3n) is 7.73. The van der Waals surface area contributed by atoms with Gasteiger partial charge in [0.15, 0.2) is 0 Å². The molecule has 8 nitrogen and oxygen atoms in total. The van der Waals surface area contributed by atoms with Crippen molar-refractivity contribution in [2.24, 2.45) is 17.8 Å². The van der Waals surface area contributed by atoms with Crippen LogP contribution in [-0.2, 0) is 22.6 Å². The number of benzene rings is 1. The van der Waals surface area contributed by atoms with E-state index in [1.165, 1.54) is 23.0 Å². The van der Waals surface area contributed by atoms with Gasteiger partial charge in [-0.2, -0.15) is 18.3 Å². The Labute approximate surface area is 223 Å². The van der Waals surface area contributed by atoms with Gasteiger partial charge in [0, 0.05) is 12.7 Å². The Kier molecular flexibility index (Phi) is 8.91. The van der Waals surface area contributed by atoms with Crippen LogP contribution in [0.2, 0.25) is 0 Å². The molecule has 1 unspecified atom stereocenters. The van der Waals surface area contributed by atoms with Crippen LogP contribution < -0.4 is 16.0 Å². The standard InChI is InChI=1S/C27H33F4N5O3/c1-2-36-21(11-12-33-36)25(38)35-24(23(17-5-3-6-17)18-7-4-8-18)26(39)34-20-10-9-16(13-19(20)28)14-22(37)32-15-27(29,30)31/h9-13,17-18,23-24H,2-8,14-15H2,1H3,(H,32,37)(H,34,39)(H,35,38). The number of rotatable bonds is 11. The average molecular weight is 552 g/mol. The SMILES string of the molecule is CCn1nccc1C(=O)NC(C(=O)Nc1ccc(CC(=O)NCC(F)(F)F)cc1F)C(C1CCC1)C1CCC1. The number of hydrogen-bond donors (Lipinski definition) is 3. The van der Waals surface area contributed by atoms with Gasteiger partial charge in [0.1, 0.15) is 24.1 Å². The van der Waals surface area contributed by atoms with E-state index >= 15 is 0 Å². The summed E-state index contributed by atoms with van der Waals surface area (Å²) >= 11 is 0. The maximum absolute atomic E-state index is 14.9. The lowest BCUT2D eigenvalue weighted by Crippen LogP contribution is -2.55. The molecule has 1 aromatic carbocycles. The summed E-state index contributed by atoms with van der Waals surface area (Å²) in [6.07, 6.45) is 2.51. The van der Waals surface area contributed by atoms with Crippen LogP contribution in [0.5, 0.6) is 0 Å². The summed E-state index contributed by atoms with van der Waals surface area (Å²) in [5, 5.41) is 11.4. The zero-order chi connectivity index (χ0) is 28.2. The fourth-order valence-electron chi connectivity index (χ4n) is 5.34. The number of nitrogens with one attached hydrogen (secondary N) is 3. The first-order valence-corrected chi connectivity index (χ1v) is 13.3. The number of aromatic nitrogens is 2. The van der Waals surface area contributed by atoms with E-state index in [9.17, 15) is 31.9 Å². The summed E-state index contributed by atoms with van der Waals surface area (Å²) in [6, 6.07) is 4.34. The fraction of sp³-hybridized carbons (Fsp3) is 0.556. The van der Waals surface area contributed by atoms with Crippen molar-refractivity contribution in [1.82, 2.24) is 20.4 Å². The van der Waals surface area contributed by atoms with E-state index in [1.54, 1.807) is 11.4 Å². The highest BCUT2D eigenvalue weighted by molar-refractivity contribution is 6.00. The second-order valence-electron chi connectivity index (χ2n) is 10.3. The molecule has 1 atom stereocenters. The van der Waals surface area contributed by atoms with Crippen molar-refractivity contribution >= 4 is 23.4 Å². The van der Waals surface area contributed by atoms with E-state index in [4.69, 9.17) is 0 Å². The normalized spacial score (nSPS) is 16.8.